The van der Waals surface area contributed by atoms with Gasteiger partial charge in [0.1, 0.15) is 5.58 Å². The summed E-state index contributed by atoms with van der Waals surface area (Å²) in [6.07, 6.45) is 0.303. The zero-order valence-corrected chi connectivity index (χ0v) is 14.4. The van der Waals surface area contributed by atoms with Crippen LogP contribution in [0.3, 0.4) is 0 Å². The van der Waals surface area contributed by atoms with Crippen molar-refractivity contribution in [2.75, 3.05) is 0 Å². The minimum absolute atomic E-state index is 0.0138. The molecule has 1 heterocycles. The zero-order valence-electron chi connectivity index (χ0n) is 12.2. The summed E-state index contributed by atoms with van der Waals surface area (Å²) in [7, 11) is 0. The smallest absolute Gasteiger partial charge is 0.340 e. The van der Waals surface area contributed by atoms with E-state index in [9.17, 15) is 14.9 Å². The van der Waals surface area contributed by atoms with E-state index in [0.717, 1.165) is 14.5 Å². The Labute approximate surface area is 145 Å². The highest BCUT2D eigenvalue weighted by molar-refractivity contribution is 14.1. The summed E-state index contributed by atoms with van der Waals surface area (Å²) in [5.41, 5.74) is 2.25. The lowest BCUT2D eigenvalue weighted by Gasteiger charge is -2.08. The van der Waals surface area contributed by atoms with Crippen LogP contribution in [0.2, 0.25) is 0 Å². The number of fused-ring (bicyclic) bond motifs is 1. The Bertz CT molecular complexity index is 978. The molecule has 116 valence electrons. The second kappa shape index (κ2) is 6.11. The van der Waals surface area contributed by atoms with E-state index in [4.69, 9.17) is 4.42 Å². The van der Waals surface area contributed by atoms with Crippen LogP contribution in [-0.4, -0.2) is 4.92 Å². The number of rotatable bonds is 3. The van der Waals surface area contributed by atoms with Crippen molar-refractivity contribution >= 4 is 39.2 Å². The van der Waals surface area contributed by atoms with Crippen molar-refractivity contribution in [2.45, 2.75) is 13.3 Å². The van der Waals surface area contributed by atoms with Crippen molar-refractivity contribution in [1.82, 2.24) is 0 Å². The van der Waals surface area contributed by atoms with Crippen LogP contribution in [0.1, 0.15) is 16.7 Å². The topological polar surface area (TPSA) is 73.3 Å². The maximum absolute atomic E-state index is 12.3. The molecule has 0 fully saturated rings. The van der Waals surface area contributed by atoms with E-state index in [-0.39, 0.29) is 5.69 Å². The molecule has 0 saturated carbocycles. The average Bonchev–Trinajstić information content (AvgIpc) is 2.51. The SMILES string of the molecule is Cc1c(Cc2cccc([N+](=O)[O-])c2)c(=O)oc2cc(I)ccc12. The number of hydrogen-bond donors (Lipinski definition) is 0. The van der Waals surface area contributed by atoms with E-state index in [1.165, 1.54) is 12.1 Å². The molecule has 0 atom stereocenters. The maximum atomic E-state index is 12.3. The number of nitro benzene ring substituents is 1. The normalized spacial score (nSPS) is 10.9. The predicted molar refractivity (Wildman–Crippen MR) is 95.8 cm³/mol. The van der Waals surface area contributed by atoms with E-state index in [2.05, 4.69) is 22.6 Å². The molecular weight excluding hydrogens is 409 g/mol. The molecule has 0 N–H and O–H groups in total. The van der Waals surface area contributed by atoms with Crippen LogP contribution < -0.4 is 5.63 Å². The monoisotopic (exact) mass is 421 g/mol. The molecule has 0 radical (unpaired) electrons. The predicted octanol–water partition coefficient (Wildman–Crippen LogP) is 4.21. The van der Waals surface area contributed by atoms with Crippen LogP contribution >= 0.6 is 22.6 Å². The summed E-state index contributed by atoms with van der Waals surface area (Å²) in [6.45, 7) is 1.87. The average molecular weight is 421 g/mol. The highest BCUT2D eigenvalue weighted by Gasteiger charge is 2.14. The number of halogens is 1. The van der Waals surface area contributed by atoms with Gasteiger partial charge in [-0.05, 0) is 58.8 Å². The van der Waals surface area contributed by atoms with Crippen LogP contribution in [0, 0.1) is 20.6 Å². The first-order valence-electron chi connectivity index (χ1n) is 6.91. The Balaban J connectivity index is 2.10. The molecule has 0 aliphatic carbocycles. The Morgan fingerprint density at radius 2 is 2.00 bits per heavy atom. The van der Waals surface area contributed by atoms with Crippen molar-refractivity contribution in [1.29, 1.82) is 0 Å². The number of hydrogen-bond acceptors (Lipinski definition) is 4. The van der Waals surface area contributed by atoms with Gasteiger partial charge < -0.3 is 4.42 Å². The lowest BCUT2D eigenvalue weighted by atomic mass is 9.99. The molecule has 1 aromatic heterocycles. The Morgan fingerprint density at radius 3 is 2.74 bits per heavy atom. The van der Waals surface area contributed by atoms with E-state index >= 15 is 0 Å². The third kappa shape index (κ3) is 3.12. The second-order valence-electron chi connectivity index (χ2n) is 5.24. The van der Waals surface area contributed by atoms with Gasteiger partial charge in [0.15, 0.2) is 0 Å². The molecule has 2 aromatic carbocycles. The number of non-ortho nitro benzene ring substituents is 1. The lowest BCUT2D eigenvalue weighted by Crippen LogP contribution is -2.11. The molecule has 3 aromatic rings. The fourth-order valence-electron chi connectivity index (χ4n) is 2.56. The van der Waals surface area contributed by atoms with Crippen LogP contribution in [0.25, 0.3) is 11.0 Å². The van der Waals surface area contributed by atoms with Crippen molar-refractivity contribution < 1.29 is 9.34 Å². The van der Waals surface area contributed by atoms with Gasteiger partial charge in [-0.1, -0.05) is 12.1 Å². The molecule has 23 heavy (non-hydrogen) atoms. The summed E-state index contributed by atoms with van der Waals surface area (Å²) in [5, 5.41) is 11.8. The Morgan fingerprint density at radius 1 is 1.22 bits per heavy atom. The molecule has 3 rings (SSSR count). The fraction of sp³-hybridized carbons (Fsp3) is 0.118. The number of aryl methyl sites for hydroxylation is 1. The lowest BCUT2D eigenvalue weighted by molar-refractivity contribution is -0.384. The molecule has 5 nitrogen and oxygen atoms in total. The largest absolute Gasteiger partial charge is 0.422 e. The Hall–Kier alpha value is -2.22. The summed E-state index contributed by atoms with van der Waals surface area (Å²) in [6, 6.07) is 12.0. The van der Waals surface area contributed by atoms with Crippen LogP contribution in [-0.2, 0) is 6.42 Å². The van der Waals surface area contributed by atoms with Gasteiger partial charge in [0.25, 0.3) is 5.69 Å². The number of nitrogens with zero attached hydrogens (tertiary/aromatic N) is 1. The first kappa shape index (κ1) is 15.7. The first-order valence-corrected chi connectivity index (χ1v) is 7.99. The van der Waals surface area contributed by atoms with Gasteiger partial charge in [0.05, 0.1) is 4.92 Å². The number of benzene rings is 2. The summed E-state index contributed by atoms with van der Waals surface area (Å²) >= 11 is 2.16. The van der Waals surface area contributed by atoms with E-state index < -0.39 is 10.5 Å². The standard InChI is InChI=1S/C17H12INO4/c1-10-14-6-5-12(18)9-16(14)23-17(20)15(10)8-11-3-2-4-13(7-11)19(21)22/h2-7,9H,8H2,1H3. The van der Waals surface area contributed by atoms with Crippen molar-refractivity contribution in [3.05, 3.63) is 83.3 Å². The molecule has 0 amide bonds. The van der Waals surface area contributed by atoms with Crippen LogP contribution in [0.5, 0.6) is 0 Å². The van der Waals surface area contributed by atoms with Gasteiger partial charge in [0, 0.05) is 33.1 Å². The quantitative estimate of drug-likeness (QED) is 0.275. The van der Waals surface area contributed by atoms with Gasteiger partial charge in [-0.15, -0.1) is 0 Å². The van der Waals surface area contributed by atoms with Gasteiger partial charge in [-0.25, -0.2) is 4.79 Å². The third-order valence-corrected chi connectivity index (χ3v) is 4.42. The molecule has 0 aliphatic rings. The fourth-order valence-corrected chi connectivity index (χ4v) is 3.02. The van der Waals surface area contributed by atoms with Gasteiger partial charge in [0.2, 0.25) is 0 Å². The molecular formula is C17H12INO4. The number of nitro groups is 1. The first-order chi connectivity index (χ1) is 11.0. The molecule has 6 heteroatoms. The summed E-state index contributed by atoms with van der Waals surface area (Å²) in [4.78, 5) is 22.7. The van der Waals surface area contributed by atoms with E-state index in [0.29, 0.717) is 23.1 Å². The highest BCUT2D eigenvalue weighted by Crippen LogP contribution is 2.23. The van der Waals surface area contributed by atoms with Gasteiger partial charge in [-0.2, -0.15) is 0 Å². The molecule has 0 unspecified atom stereocenters. The minimum atomic E-state index is -0.443. The maximum Gasteiger partial charge on any atom is 0.340 e. The molecule has 0 aliphatic heterocycles. The molecule has 0 bridgehead atoms. The minimum Gasteiger partial charge on any atom is -0.422 e. The second-order valence-corrected chi connectivity index (χ2v) is 6.48. The van der Waals surface area contributed by atoms with E-state index in [1.807, 2.05) is 25.1 Å². The summed E-state index contributed by atoms with van der Waals surface area (Å²) in [5.74, 6) is 0. The van der Waals surface area contributed by atoms with Crippen molar-refractivity contribution in [2.24, 2.45) is 0 Å². The third-order valence-electron chi connectivity index (χ3n) is 3.75. The molecule has 0 spiro atoms. The highest BCUT2D eigenvalue weighted by atomic mass is 127. The molecule has 0 saturated heterocycles. The zero-order chi connectivity index (χ0) is 16.6. The Kier molecular flexibility index (Phi) is 4.16. The summed E-state index contributed by atoms with van der Waals surface area (Å²) < 4.78 is 6.40. The van der Waals surface area contributed by atoms with Gasteiger partial charge in [-0.3, -0.25) is 10.1 Å². The van der Waals surface area contributed by atoms with Crippen molar-refractivity contribution in [3.63, 3.8) is 0 Å². The van der Waals surface area contributed by atoms with Crippen LogP contribution in [0.4, 0.5) is 5.69 Å². The van der Waals surface area contributed by atoms with Crippen LogP contribution in [0.15, 0.2) is 51.7 Å². The van der Waals surface area contributed by atoms with Gasteiger partial charge >= 0.3 is 5.63 Å². The van der Waals surface area contributed by atoms with E-state index in [1.54, 1.807) is 12.1 Å². The van der Waals surface area contributed by atoms with Crippen molar-refractivity contribution in [3.8, 4) is 0 Å².